The molecule has 5 nitrogen and oxygen atoms in total. The second kappa shape index (κ2) is 13.1. The Balaban J connectivity index is 0.000000192. The minimum atomic E-state index is -0.856. The van der Waals surface area contributed by atoms with Gasteiger partial charge in [-0.2, -0.15) is 0 Å². The molecule has 182 valence electrons. The summed E-state index contributed by atoms with van der Waals surface area (Å²) >= 11 is 0. The summed E-state index contributed by atoms with van der Waals surface area (Å²) in [4.78, 5) is 33.3. The standard InChI is InChI=1S/C15H18O3.C14H18O2/c16-9-10-18-15(17)14(13-7-3-4-8-13)11-12-5-1-2-6-12;1-10(14(15)16)13(11-6-2-3-7-11)12-8-4-5-9-12/h5,7,9,11H,1-4,6,8,10H2;6,8,13H,1-5,7,9H2,(H,15,16). The third kappa shape index (κ3) is 7.02. The molecule has 0 fully saturated rings. The van der Waals surface area contributed by atoms with Crippen LogP contribution in [0.3, 0.4) is 0 Å². The van der Waals surface area contributed by atoms with Crippen molar-refractivity contribution in [3.05, 3.63) is 70.4 Å². The Morgan fingerprint density at radius 1 is 0.912 bits per heavy atom. The van der Waals surface area contributed by atoms with Gasteiger partial charge in [0.2, 0.25) is 0 Å². The highest BCUT2D eigenvalue weighted by Gasteiger charge is 2.28. The molecule has 1 N–H and O–H groups in total. The van der Waals surface area contributed by atoms with Crippen LogP contribution in [0.2, 0.25) is 0 Å². The van der Waals surface area contributed by atoms with Gasteiger partial charge in [-0.1, -0.05) is 47.6 Å². The summed E-state index contributed by atoms with van der Waals surface area (Å²) in [5.41, 5.74) is 5.82. The number of ether oxygens (including phenoxy) is 1. The van der Waals surface area contributed by atoms with Gasteiger partial charge < -0.3 is 9.84 Å². The molecular weight excluding hydrogens is 428 g/mol. The summed E-state index contributed by atoms with van der Waals surface area (Å²) in [6.07, 6.45) is 24.1. The van der Waals surface area contributed by atoms with E-state index >= 15 is 0 Å². The minimum Gasteiger partial charge on any atom is -0.478 e. The zero-order valence-corrected chi connectivity index (χ0v) is 20.0. The monoisotopic (exact) mass is 464 g/mol. The van der Waals surface area contributed by atoms with Crippen LogP contribution in [0.15, 0.2) is 70.4 Å². The highest BCUT2D eigenvalue weighted by atomic mass is 16.5. The fourth-order valence-electron chi connectivity index (χ4n) is 5.12. The largest absolute Gasteiger partial charge is 0.478 e. The van der Waals surface area contributed by atoms with E-state index in [1.807, 2.05) is 6.08 Å². The predicted octanol–water partition coefficient (Wildman–Crippen LogP) is 6.34. The third-order valence-corrected chi connectivity index (χ3v) is 6.81. The van der Waals surface area contributed by atoms with Crippen LogP contribution in [0.5, 0.6) is 0 Å². The lowest BCUT2D eigenvalue weighted by Gasteiger charge is -2.20. The Bertz CT molecular complexity index is 930. The number of carbonyl (C=O) groups excluding carboxylic acids is 2. The molecule has 0 bridgehead atoms. The molecule has 4 aliphatic rings. The predicted molar refractivity (Wildman–Crippen MR) is 133 cm³/mol. The van der Waals surface area contributed by atoms with Gasteiger partial charge in [0.1, 0.15) is 6.61 Å². The van der Waals surface area contributed by atoms with E-state index in [4.69, 9.17) is 9.84 Å². The third-order valence-electron chi connectivity index (χ3n) is 6.81. The van der Waals surface area contributed by atoms with E-state index in [0.717, 1.165) is 82.6 Å². The summed E-state index contributed by atoms with van der Waals surface area (Å²) in [6.45, 7) is 3.60. The van der Waals surface area contributed by atoms with E-state index in [2.05, 4.69) is 30.9 Å². The van der Waals surface area contributed by atoms with Crippen LogP contribution in [0.4, 0.5) is 0 Å². The second-order valence-electron chi connectivity index (χ2n) is 9.22. The van der Waals surface area contributed by atoms with Crippen LogP contribution in [0, 0.1) is 5.92 Å². The summed E-state index contributed by atoms with van der Waals surface area (Å²) in [6, 6.07) is 0. The molecule has 5 heteroatoms. The number of hydrogen-bond acceptors (Lipinski definition) is 4. The Morgan fingerprint density at radius 3 is 1.97 bits per heavy atom. The van der Waals surface area contributed by atoms with Crippen LogP contribution in [-0.4, -0.2) is 29.9 Å². The van der Waals surface area contributed by atoms with E-state index < -0.39 is 5.97 Å². The van der Waals surface area contributed by atoms with Gasteiger partial charge in [-0.15, -0.1) is 0 Å². The number of aliphatic carboxylic acids is 1. The van der Waals surface area contributed by atoms with E-state index in [0.29, 0.717) is 17.4 Å². The molecule has 0 aromatic carbocycles. The first-order valence-electron chi connectivity index (χ1n) is 12.5. The number of aldehydes is 1. The first-order chi connectivity index (χ1) is 16.5. The zero-order chi connectivity index (χ0) is 24.3. The molecule has 0 aromatic heterocycles. The molecule has 0 atom stereocenters. The van der Waals surface area contributed by atoms with Gasteiger partial charge in [-0.25, -0.2) is 9.59 Å². The topological polar surface area (TPSA) is 80.7 Å². The molecular formula is C29H36O5. The Kier molecular flexibility index (Phi) is 9.87. The minimum absolute atomic E-state index is 0.0116. The molecule has 0 saturated carbocycles. The molecule has 4 rings (SSSR count). The number of carboxylic acid groups (broad SMARTS) is 1. The van der Waals surface area contributed by atoms with Crippen LogP contribution in [0.1, 0.15) is 77.0 Å². The first kappa shape index (κ1) is 25.7. The summed E-state index contributed by atoms with van der Waals surface area (Å²) in [5.74, 6) is -1.24. The average molecular weight is 465 g/mol. The van der Waals surface area contributed by atoms with Crippen molar-refractivity contribution < 1.29 is 24.2 Å². The molecule has 0 aromatic rings. The first-order valence-corrected chi connectivity index (χ1v) is 12.5. The zero-order valence-electron chi connectivity index (χ0n) is 20.0. The van der Waals surface area contributed by atoms with E-state index in [-0.39, 0.29) is 18.5 Å². The van der Waals surface area contributed by atoms with Gasteiger partial charge >= 0.3 is 11.9 Å². The normalized spacial score (nSPS) is 19.6. The number of rotatable bonds is 9. The molecule has 0 aliphatic heterocycles. The number of carboxylic acids is 1. The second-order valence-corrected chi connectivity index (χ2v) is 9.22. The lowest BCUT2D eigenvalue weighted by Crippen LogP contribution is -2.15. The Labute approximate surface area is 202 Å². The fourth-order valence-corrected chi connectivity index (χ4v) is 5.12. The Hall–Kier alpha value is -2.95. The van der Waals surface area contributed by atoms with E-state index in [1.54, 1.807) is 0 Å². The lowest BCUT2D eigenvalue weighted by atomic mass is 9.84. The van der Waals surface area contributed by atoms with Crippen molar-refractivity contribution in [3.63, 3.8) is 0 Å². The number of hydrogen-bond donors (Lipinski definition) is 1. The van der Waals surface area contributed by atoms with Gasteiger partial charge in [-0.05, 0) is 88.7 Å². The maximum atomic E-state index is 12.0. The molecule has 34 heavy (non-hydrogen) atoms. The van der Waals surface area contributed by atoms with Crippen molar-refractivity contribution in [1.29, 1.82) is 0 Å². The maximum Gasteiger partial charge on any atom is 0.338 e. The number of esters is 1. The highest BCUT2D eigenvalue weighted by Crippen LogP contribution is 2.39. The van der Waals surface area contributed by atoms with Crippen LogP contribution < -0.4 is 0 Å². The molecule has 0 saturated heterocycles. The maximum absolute atomic E-state index is 12.0. The highest BCUT2D eigenvalue weighted by molar-refractivity contribution is 5.94. The smallest absolute Gasteiger partial charge is 0.338 e. The van der Waals surface area contributed by atoms with Gasteiger partial charge in [-0.3, -0.25) is 4.79 Å². The van der Waals surface area contributed by atoms with Gasteiger partial charge in [0.15, 0.2) is 6.29 Å². The average Bonchev–Trinajstić information content (AvgIpc) is 3.65. The molecule has 0 unspecified atom stereocenters. The fraction of sp³-hybridized carbons (Fsp3) is 0.483. The van der Waals surface area contributed by atoms with Crippen LogP contribution in [0.25, 0.3) is 0 Å². The van der Waals surface area contributed by atoms with Crippen molar-refractivity contribution in [2.24, 2.45) is 5.92 Å². The molecule has 0 amide bonds. The van der Waals surface area contributed by atoms with Gasteiger partial charge in [0.25, 0.3) is 0 Å². The molecule has 0 radical (unpaired) electrons. The quantitative estimate of drug-likeness (QED) is 0.186. The lowest BCUT2D eigenvalue weighted by molar-refractivity contribution is -0.141. The van der Waals surface area contributed by atoms with Crippen LogP contribution >= 0.6 is 0 Å². The summed E-state index contributed by atoms with van der Waals surface area (Å²) in [7, 11) is 0. The van der Waals surface area contributed by atoms with Crippen molar-refractivity contribution in [3.8, 4) is 0 Å². The number of carbonyl (C=O) groups is 3. The van der Waals surface area contributed by atoms with Crippen LogP contribution in [-0.2, 0) is 19.1 Å². The van der Waals surface area contributed by atoms with Gasteiger partial charge in [0, 0.05) is 11.5 Å². The SMILES string of the molecule is C=C(C(=O)O)C(C1=CCCC1)C1=CCCC1.O=CCOC(=O)C(=CC1=CCCC1)C1=CCCC1. The molecule has 4 aliphatic carbocycles. The van der Waals surface area contributed by atoms with Crippen molar-refractivity contribution in [1.82, 2.24) is 0 Å². The van der Waals surface area contributed by atoms with Crippen molar-refractivity contribution >= 4 is 18.2 Å². The molecule has 0 heterocycles. The molecule has 0 spiro atoms. The van der Waals surface area contributed by atoms with E-state index in [1.165, 1.54) is 16.7 Å². The van der Waals surface area contributed by atoms with E-state index in [9.17, 15) is 14.4 Å². The Morgan fingerprint density at radius 2 is 1.50 bits per heavy atom. The van der Waals surface area contributed by atoms with Gasteiger partial charge in [0.05, 0.1) is 5.57 Å². The van der Waals surface area contributed by atoms with Crippen molar-refractivity contribution in [2.45, 2.75) is 77.0 Å². The summed E-state index contributed by atoms with van der Waals surface area (Å²) < 4.78 is 4.93. The number of allylic oxidation sites excluding steroid dienone is 8. The van der Waals surface area contributed by atoms with Crippen molar-refractivity contribution in [2.75, 3.05) is 6.61 Å². The summed E-state index contributed by atoms with van der Waals surface area (Å²) in [5, 5.41) is 9.12.